The van der Waals surface area contributed by atoms with E-state index in [0.29, 0.717) is 12.2 Å². The van der Waals surface area contributed by atoms with Gasteiger partial charge in [0.15, 0.2) is 0 Å². The maximum atomic E-state index is 13.0. The number of Topliss-reactive ketones (excluding diaryl/α,β-unsaturated/α-hetero) is 1. The SMILES string of the molecule is CC(CC(=O)C12CC3CC(CC(C3)C1)C2)NC(=O)OC(C)(C)C. The summed E-state index contributed by atoms with van der Waals surface area (Å²) in [7, 11) is 0. The zero-order chi connectivity index (χ0) is 16.8. The summed E-state index contributed by atoms with van der Waals surface area (Å²) in [5, 5.41) is 2.82. The van der Waals surface area contributed by atoms with Crippen molar-refractivity contribution in [3.05, 3.63) is 0 Å². The Balaban J connectivity index is 1.56. The Hall–Kier alpha value is -1.06. The van der Waals surface area contributed by atoms with E-state index in [0.717, 1.165) is 37.0 Å². The number of rotatable bonds is 4. The molecule has 4 fully saturated rings. The van der Waals surface area contributed by atoms with Crippen molar-refractivity contribution in [2.24, 2.45) is 23.2 Å². The van der Waals surface area contributed by atoms with Gasteiger partial charge in [-0.15, -0.1) is 0 Å². The molecule has 130 valence electrons. The first-order chi connectivity index (χ1) is 10.7. The predicted octanol–water partition coefficient (Wildman–Crippen LogP) is 4.08. The van der Waals surface area contributed by atoms with E-state index in [1.165, 1.54) is 19.3 Å². The average Bonchev–Trinajstić information content (AvgIpc) is 2.33. The van der Waals surface area contributed by atoms with Crippen molar-refractivity contribution in [1.29, 1.82) is 0 Å². The lowest BCUT2D eigenvalue weighted by Crippen LogP contribution is -2.51. The molecule has 0 spiro atoms. The van der Waals surface area contributed by atoms with E-state index in [4.69, 9.17) is 4.74 Å². The first kappa shape index (κ1) is 16.8. The van der Waals surface area contributed by atoms with Crippen LogP contribution in [-0.2, 0) is 9.53 Å². The minimum absolute atomic E-state index is 0.0708. The second-order valence-electron chi connectivity index (χ2n) is 9.37. The number of ether oxygens (including phenoxy) is 1. The molecule has 23 heavy (non-hydrogen) atoms. The predicted molar refractivity (Wildman–Crippen MR) is 89.1 cm³/mol. The number of alkyl carbamates (subject to hydrolysis) is 1. The third kappa shape index (κ3) is 3.72. The number of ketones is 1. The van der Waals surface area contributed by atoms with Gasteiger partial charge in [-0.2, -0.15) is 0 Å². The molecule has 0 aromatic rings. The maximum absolute atomic E-state index is 13.0. The van der Waals surface area contributed by atoms with Gasteiger partial charge in [-0.1, -0.05) is 0 Å². The van der Waals surface area contributed by atoms with Crippen LogP contribution in [0.4, 0.5) is 4.79 Å². The number of carbonyl (C=O) groups excluding carboxylic acids is 2. The molecule has 0 saturated heterocycles. The molecule has 0 aromatic carbocycles. The van der Waals surface area contributed by atoms with Crippen LogP contribution in [-0.4, -0.2) is 23.5 Å². The van der Waals surface area contributed by atoms with E-state index >= 15 is 0 Å². The van der Waals surface area contributed by atoms with Gasteiger partial charge in [-0.25, -0.2) is 4.79 Å². The third-order valence-corrected chi connectivity index (χ3v) is 5.88. The van der Waals surface area contributed by atoms with E-state index in [1.54, 1.807) is 0 Å². The quantitative estimate of drug-likeness (QED) is 0.849. The summed E-state index contributed by atoms with van der Waals surface area (Å²) in [5.74, 6) is 2.71. The zero-order valence-corrected chi connectivity index (χ0v) is 15.0. The van der Waals surface area contributed by atoms with Crippen molar-refractivity contribution < 1.29 is 14.3 Å². The molecule has 4 nitrogen and oxygen atoms in total. The second kappa shape index (κ2) is 5.78. The van der Waals surface area contributed by atoms with Gasteiger partial charge >= 0.3 is 6.09 Å². The summed E-state index contributed by atoms with van der Waals surface area (Å²) >= 11 is 0. The van der Waals surface area contributed by atoms with E-state index in [-0.39, 0.29) is 11.5 Å². The Kier molecular flexibility index (Phi) is 4.22. The highest BCUT2D eigenvalue weighted by molar-refractivity contribution is 5.86. The van der Waals surface area contributed by atoms with E-state index in [9.17, 15) is 9.59 Å². The van der Waals surface area contributed by atoms with Crippen molar-refractivity contribution >= 4 is 11.9 Å². The van der Waals surface area contributed by atoms with Gasteiger partial charge in [0, 0.05) is 17.9 Å². The summed E-state index contributed by atoms with van der Waals surface area (Å²) < 4.78 is 5.28. The maximum Gasteiger partial charge on any atom is 0.407 e. The lowest BCUT2D eigenvalue weighted by atomic mass is 9.48. The highest BCUT2D eigenvalue weighted by Crippen LogP contribution is 2.60. The standard InChI is InChI=1S/C19H31NO3/c1-12(20-17(22)23-18(2,3)4)5-16(21)19-9-13-6-14(10-19)8-15(7-13)11-19/h12-15H,5-11H2,1-4H3,(H,20,22). The molecule has 1 unspecified atom stereocenters. The Morgan fingerprint density at radius 2 is 1.57 bits per heavy atom. The Labute approximate surface area is 139 Å². The van der Waals surface area contributed by atoms with Gasteiger partial charge in [-0.05, 0) is 84.0 Å². The van der Waals surface area contributed by atoms with Gasteiger partial charge in [0.2, 0.25) is 0 Å². The van der Waals surface area contributed by atoms with Crippen molar-refractivity contribution in [1.82, 2.24) is 5.32 Å². The minimum atomic E-state index is -0.506. The summed E-state index contributed by atoms with van der Waals surface area (Å²) in [5.41, 5.74) is -0.577. The molecule has 1 N–H and O–H groups in total. The number of hydrogen-bond donors (Lipinski definition) is 1. The van der Waals surface area contributed by atoms with Crippen LogP contribution in [0.5, 0.6) is 0 Å². The first-order valence-corrected chi connectivity index (χ1v) is 9.18. The zero-order valence-electron chi connectivity index (χ0n) is 15.0. The number of nitrogens with one attached hydrogen (secondary N) is 1. The fourth-order valence-electron chi connectivity index (χ4n) is 5.51. The molecule has 0 aromatic heterocycles. The molecule has 1 amide bonds. The molecular weight excluding hydrogens is 290 g/mol. The molecule has 0 aliphatic heterocycles. The number of amides is 1. The Morgan fingerprint density at radius 1 is 1.09 bits per heavy atom. The van der Waals surface area contributed by atoms with Crippen LogP contribution in [0.1, 0.15) is 72.6 Å². The molecule has 4 bridgehead atoms. The smallest absolute Gasteiger partial charge is 0.407 e. The van der Waals surface area contributed by atoms with Crippen LogP contribution in [0.15, 0.2) is 0 Å². The summed E-state index contributed by atoms with van der Waals surface area (Å²) in [6.45, 7) is 7.44. The summed E-state index contributed by atoms with van der Waals surface area (Å²) in [4.78, 5) is 24.8. The average molecular weight is 321 g/mol. The van der Waals surface area contributed by atoms with Gasteiger partial charge in [0.25, 0.3) is 0 Å². The molecular formula is C19H31NO3. The largest absolute Gasteiger partial charge is 0.444 e. The fourth-order valence-corrected chi connectivity index (χ4v) is 5.51. The highest BCUT2D eigenvalue weighted by atomic mass is 16.6. The van der Waals surface area contributed by atoms with Crippen molar-refractivity contribution in [2.75, 3.05) is 0 Å². The topological polar surface area (TPSA) is 55.4 Å². The molecule has 0 heterocycles. The van der Waals surface area contributed by atoms with Crippen molar-refractivity contribution in [3.63, 3.8) is 0 Å². The third-order valence-electron chi connectivity index (χ3n) is 5.88. The van der Waals surface area contributed by atoms with Crippen LogP contribution in [0.3, 0.4) is 0 Å². The number of carbonyl (C=O) groups is 2. The van der Waals surface area contributed by atoms with Crippen LogP contribution >= 0.6 is 0 Å². The van der Waals surface area contributed by atoms with Crippen LogP contribution in [0.25, 0.3) is 0 Å². The fraction of sp³-hybridized carbons (Fsp3) is 0.895. The normalized spacial score (nSPS) is 36.6. The van der Waals surface area contributed by atoms with Crippen molar-refractivity contribution in [3.8, 4) is 0 Å². The number of hydrogen-bond acceptors (Lipinski definition) is 3. The summed E-state index contributed by atoms with van der Waals surface area (Å²) in [6, 6.07) is -0.162. The van der Waals surface area contributed by atoms with E-state index < -0.39 is 11.7 Å². The molecule has 4 heteroatoms. The monoisotopic (exact) mass is 321 g/mol. The van der Waals surface area contributed by atoms with Gasteiger partial charge in [-0.3, -0.25) is 4.79 Å². The van der Waals surface area contributed by atoms with Crippen molar-refractivity contribution in [2.45, 2.75) is 84.3 Å². The Morgan fingerprint density at radius 3 is 2.00 bits per heavy atom. The first-order valence-electron chi connectivity index (χ1n) is 9.18. The molecule has 4 aliphatic rings. The van der Waals surface area contributed by atoms with Crippen LogP contribution < -0.4 is 5.32 Å². The molecule has 4 aliphatic carbocycles. The van der Waals surface area contributed by atoms with Gasteiger partial charge < -0.3 is 10.1 Å². The minimum Gasteiger partial charge on any atom is -0.444 e. The lowest BCUT2D eigenvalue weighted by Gasteiger charge is -2.56. The van der Waals surface area contributed by atoms with Gasteiger partial charge in [0.05, 0.1) is 0 Å². The van der Waals surface area contributed by atoms with Crippen LogP contribution in [0, 0.1) is 23.2 Å². The van der Waals surface area contributed by atoms with E-state index in [2.05, 4.69) is 5.32 Å². The second-order valence-corrected chi connectivity index (χ2v) is 9.37. The molecule has 4 saturated carbocycles. The molecule has 0 radical (unpaired) electrons. The lowest BCUT2D eigenvalue weighted by molar-refractivity contribution is -0.144. The molecule has 4 rings (SSSR count). The van der Waals surface area contributed by atoms with E-state index in [1.807, 2.05) is 27.7 Å². The molecule has 1 atom stereocenters. The van der Waals surface area contributed by atoms with Crippen LogP contribution in [0.2, 0.25) is 0 Å². The van der Waals surface area contributed by atoms with Gasteiger partial charge in [0.1, 0.15) is 11.4 Å². The highest BCUT2D eigenvalue weighted by Gasteiger charge is 2.54. The summed E-state index contributed by atoms with van der Waals surface area (Å²) in [6.07, 6.45) is 7.33. The Bertz CT molecular complexity index is 456.